The Morgan fingerprint density at radius 3 is 2.89 bits per heavy atom. The fraction of sp³-hybridized carbons (Fsp3) is 0.538. The second-order valence-electron chi connectivity index (χ2n) is 4.10. The van der Waals surface area contributed by atoms with Crippen LogP contribution in [0.4, 0.5) is 0 Å². The minimum Gasteiger partial charge on any atom is -0.383 e. The van der Waals surface area contributed by atoms with E-state index in [0.717, 1.165) is 6.42 Å². The van der Waals surface area contributed by atoms with Gasteiger partial charge in [0.15, 0.2) is 0 Å². The van der Waals surface area contributed by atoms with Gasteiger partial charge in [-0.05, 0) is 19.4 Å². The molecule has 0 saturated heterocycles. The Kier molecular flexibility index (Phi) is 6.09. The van der Waals surface area contributed by atoms with E-state index in [1.54, 1.807) is 24.3 Å². The minimum absolute atomic E-state index is 0.0977. The number of pyridine rings is 1. The highest BCUT2D eigenvalue weighted by molar-refractivity contribution is 6.33. The van der Waals surface area contributed by atoms with Crippen LogP contribution in [0.25, 0.3) is 0 Å². The molecule has 0 aliphatic carbocycles. The van der Waals surface area contributed by atoms with Crippen molar-refractivity contribution in [1.82, 2.24) is 9.88 Å². The fourth-order valence-corrected chi connectivity index (χ4v) is 1.81. The zero-order chi connectivity index (χ0) is 13.5. The van der Waals surface area contributed by atoms with Gasteiger partial charge in [0.05, 0.1) is 17.2 Å². The van der Waals surface area contributed by atoms with E-state index in [9.17, 15) is 4.79 Å². The molecule has 1 heterocycles. The SMILES string of the molecule is CCC(C)N(CCOC)C(=O)c1cnccc1Cl. The maximum Gasteiger partial charge on any atom is 0.257 e. The number of hydrogen-bond acceptors (Lipinski definition) is 3. The van der Waals surface area contributed by atoms with Crippen LogP contribution >= 0.6 is 11.6 Å². The van der Waals surface area contributed by atoms with Gasteiger partial charge in [0.25, 0.3) is 5.91 Å². The number of nitrogens with zero attached hydrogens (tertiary/aromatic N) is 2. The van der Waals surface area contributed by atoms with E-state index in [4.69, 9.17) is 16.3 Å². The van der Waals surface area contributed by atoms with Gasteiger partial charge in [0.1, 0.15) is 0 Å². The summed E-state index contributed by atoms with van der Waals surface area (Å²) in [6.45, 7) is 5.12. The molecule has 0 aliphatic heterocycles. The maximum absolute atomic E-state index is 12.4. The Hall–Kier alpha value is -1.13. The Morgan fingerprint density at radius 1 is 1.61 bits per heavy atom. The third kappa shape index (κ3) is 3.68. The van der Waals surface area contributed by atoms with Gasteiger partial charge < -0.3 is 9.64 Å². The summed E-state index contributed by atoms with van der Waals surface area (Å²) in [4.78, 5) is 18.1. The lowest BCUT2D eigenvalue weighted by molar-refractivity contribution is 0.0613. The zero-order valence-corrected chi connectivity index (χ0v) is 11.8. The molecule has 1 amide bonds. The highest BCUT2D eigenvalue weighted by atomic mass is 35.5. The lowest BCUT2D eigenvalue weighted by Crippen LogP contribution is -2.40. The van der Waals surface area contributed by atoms with Crippen molar-refractivity contribution in [2.45, 2.75) is 26.3 Å². The van der Waals surface area contributed by atoms with Crippen LogP contribution in [0.1, 0.15) is 30.6 Å². The average molecular weight is 271 g/mol. The molecule has 100 valence electrons. The number of rotatable bonds is 6. The smallest absolute Gasteiger partial charge is 0.257 e. The summed E-state index contributed by atoms with van der Waals surface area (Å²) in [6, 6.07) is 1.77. The van der Waals surface area contributed by atoms with Gasteiger partial charge in [-0.2, -0.15) is 0 Å². The molecule has 4 nitrogen and oxygen atoms in total. The van der Waals surface area contributed by atoms with Crippen LogP contribution in [0.2, 0.25) is 5.02 Å². The summed E-state index contributed by atoms with van der Waals surface area (Å²) in [5.41, 5.74) is 0.440. The van der Waals surface area contributed by atoms with Gasteiger partial charge in [-0.1, -0.05) is 18.5 Å². The fourth-order valence-electron chi connectivity index (χ4n) is 1.62. The molecule has 1 atom stereocenters. The van der Waals surface area contributed by atoms with Crippen molar-refractivity contribution < 1.29 is 9.53 Å². The standard InChI is InChI=1S/C13H19ClN2O2/c1-4-10(2)16(7-8-18-3)13(17)11-9-15-6-5-12(11)14/h5-6,9-10H,4,7-8H2,1-3H3. The van der Waals surface area contributed by atoms with Gasteiger partial charge in [0, 0.05) is 32.1 Å². The third-order valence-corrected chi connectivity index (χ3v) is 3.25. The quantitative estimate of drug-likeness (QED) is 0.798. The van der Waals surface area contributed by atoms with Crippen LogP contribution in [-0.2, 0) is 4.74 Å². The molecule has 1 rings (SSSR count). The number of halogens is 1. The van der Waals surface area contributed by atoms with Gasteiger partial charge in [0.2, 0.25) is 0 Å². The molecule has 1 aromatic heterocycles. The Balaban J connectivity index is 2.91. The highest BCUT2D eigenvalue weighted by Crippen LogP contribution is 2.17. The largest absolute Gasteiger partial charge is 0.383 e. The van der Waals surface area contributed by atoms with Crippen molar-refractivity contribution in [3.05, 3.63) is 29.0 Å². The minimum atomic E-state index is -0.0977. The molecule has 5 heteroatoms. The number of ether oxygens (including phenoxy) is 1. The molecule has 0 spiro atoms. The van der Waals surface area contributed by atoms with E-state index in [-0.39, 0.29) is 11.9 Å². The van der Waals surface area contributed by atoms with Gasteiger partial charge >= 0.3 is 0 Å². The van der Waals surface area contributed by atoms with Crippen LogP contribution in [0, 0.1) is 0 Å². The molecule has 1 unspecified atom stereocenters. The van der Waals surface area contributed by atoms with Crippen molar-refractivity contribution >= 4 is 17.5 Å². The Labute approximate surface area is 113 Å². The van der Waals surface area contributed by atoms with E-state index < -0.39 is 0 Å². The maximum atomic E-state index is 12.4. The molecule has 0 aliphatic rings. The van der Waals surface area contributed by atoms with Crippen molar-refractivity contribution in [3.63, 3.8) is 0 Å². The zero-order valence-electron chi connectivity index (χ0n) is 11.0. The van der Waals surface area contributed by atoms with Crippen molar-refractivity contribution in [3.8, 4) is 0 Å². The average Bonchev–Trinajstić information content (AvgIpc) is 2.39. The van der Waals surface area contributed by atoms with E-state index in [1.165, 1.54) is 6.20 Å². The first-order valence-electron chi connectivity index (χ1n) is 6.01. The number of methoxy groups -OCH3 is 1. The number of amides is 1. The topological polar surface area (TPSA) is 42.4 Å². The van der Waals surface area contributed by atoms with Gasteiger partial charge in [-0.3, -0.25) is 9.78 Å². The van der Waals surface area contributed by atoms with E-state index in [0.29, 0.717) is 23.7 Å². The van der Waals surface area contributed by atoms with Crippen molar-refractivity contribution in [2.24, 2.45) is 0 Å². The normalized spacial score (nSPS) is 12.2. The van der Waals surface area contributed by atoms with E-state index in [2.05, 4.69) is 4.98 Å². The lowest BCUT2D eigenvalue weighted by Gasteiger charge is -2.28. The molecule has 0 fully saturated rings. The molecule has 0 bridgehead atoms. The summed E-state index contributed by atoms with van der Waals surface area (Å²) >= 11 is 6.03. The summed E-state index contributed by atoms with van der Waals surface area (Å²) in [5.74, 6) is -0.0977. The molecule has 0 saturated carbocycles. The number of aromatic nitrogens is 1. The van der Waals surface area contributed by atoms with Gasteiger partial charge in [-0.25, -0.2) is 0 Å². The summed E-state index contributed by atoms with van der Waals surface area (Å²) in [6.07, 6.45) is 3.96. The van der Waals surface area contributed by atoms with Crippen LogP contribution in [0.3, 0.4) is 0 Å². The molecular weight excluding hydrogens is 252 g/mol. The molecule has 0 aromatic carbocycles. The number of hydrogen-bond donors (Lipinski definition) is 0. The molecule has 0 N–H and O–H groups in total. The summed E-state index contributed by atoms with van der Waals surface area (Å²) in [5, 5.41) is 0.431. The molecule has 1 aromatic rings. The van der Waals surface area contributed by atoms with Crippen molar-refractivity contribution in [2.75, 3.05) is 20.3 Å². The predicted octanol–water partition coefficient (Wildman–Crippen LogP) is 2.62. The van der Waals surface area contributed by atoms with Crippen molar-refractivity contribution in [1.29, 1.82) is 0 Å². The van der Waals surface area contributed by atoms with E-state index in [1.807, 2.05) is 13.8 Å². The van der Waals surface area contributed by atoms with E-state index >= 15 is 0 Å². The first-order chi connectivity index (χ1) is 8.61. The summed E-state index contributed by atoms with van der Waals surface area (Å²) < 4.78 is 5.04. The lowest BCUT2D eigenvalue weighted by atomic mass is 10.1. The second-order valence-corrected chi connectivity index (χ2v) is 4.51. The first kappa shape index (κ1) is 14.9. The summed E-state index contributed by atoms with van der Waals surface area (Å²) in [7, 11) is 1.62. The third-order valence-electron chi connectivity index (χ3n) is 2.92. The molecule has 18 heavy (non-hydrogen) atoms. The van der Waals surface area contributed by atoms with Crippen LogP contribution in [0.5, 0.6) is 0 Å². The first-order valence-corrected chi connectivity index (χ1v) is 6.39. The molecular formula is C13H19ClN2O2. The second kappa shape index (κ2) is 7.34. The highest BCUT2D eigenvalue weighted by Gasteiger charge is 2.22. The van der Waals surface area contributed by atoms with Crippen LogP contribution in [-0.4, -0.2) is 42.1 Å². The van der Waals surface area contributed by atoms with Crippen LogP contribution in [0.15, 0.2) is 18.5 Å². The number of carbonyl (C=O) groups excluding carboxylic acids is 1. The monoisotopic (exact) mass is 270 g/mol. The number of carbonyl (C=O) groups is 1. The van der Waals surface area contributed by atoms with Gasteiger partial charge in [-0.15, -0.1) is 0 Å². The van der Waals surface area contributed by atoms with Crippen LogP contribution < -0.4 is 0 Å². The Bertz CT molecular complexity index is 398. The molecule has 0 radical (unpaired) electrons. The Morgan fingerprint density at radius 2 is 2.33 bits per heavy atom. The predicted molar refractivity (Wildman–Crippen MR) is 71.9 cm³/mol.